The number of rotatable bonds is 0. The van der Waals surface area contributed by atoms with E-state index in [1.54, 1.807) is 0 Å². The van der Waals surface area contributed by atoms with Crippen LogP contribution in [-0.4, -0.2) is 23.0 Å². The summed E-state index contributed by atoms with van der Waals surface area (Å²) in [6, 6.07) is 0.943. The summed E-state index contributed by atoms with van der Waals surface area (Å²) in [5.74, 6) is 1.05. The van der Waals surface area contributed by atoms with Crippen molar-refractivity contribution in [3.63, 3.8) is 0 Å². The van der Waals surface area contributed by atoms with Crippen LogP contribution in [-0.2, 0) is 0 Å². The molecule has 0 bridgehead atoms. The molecule has 12 heavy (non-hydrogen) atoms. The van der Waals surface area contributed by atoms with E-state index in [-0.39, 0.29) is 0 Å². The van der Waals surface area contributed by atoms with Gasteiger partial charge in [-0.3, -0.25) is 4.90 Å². The van der Waals surface area contributed by atoms with Crippen LogP contribution >= 0.6 is 0 Å². The molecule has 0 aromatic rings. The lowest BCUT2D eigenvalue weighted by atomic mass is 9.74. The zero-order chi connectivity index (χ0) is 8.77. The number of hydrogen-bond acceptors (Lipinski definition) is 1. The fourth-order valence-electron chi connectivity index (χ4n) is 2.83. The Morgan fingerprint density at radius 2 is 1.75 bits per heavy atom. The van der Waals surface area contributed by atoms with Gasteiger partial charge in [0.2, 0.25) is 0 Å². The maximum absolute atomic E-state index is 2.69. The number of likely N-dealkylation sites (tertiary alicyclic amines) is 1. The van der Waals surface area contributed by atoms with Gasteiger partial charge in [-0.15, -0.1) is 0 Å². The third-order valence-electron chi connectivity index (χ3n) is 3.56. The quantitative estimate of drug-likeness (QED) is 0.536. The first kappa shape index (κ1) is 8.55. The molecule has 2 aliphatic rings. The normalized spacial score (nSPS) is 37.2. The average Bonchev–Trinajstić information content (AvgIpc) is 1.88. The summed E-state index contributed by atoms with van der Waals surface area (Å²) >= 11 is 0. The van der Waals surface area contributed by atoms with Crippen molar-refractivity contribution in [2.24, 2.45) is 5.92 Å². The number of fused-ring (bicyclic) bond motifs is 1. The maximum Gasteiger partial charge on any atom is 0.0141 e. The number of nitrogens with zero attached hydrogens (tertiary/aromatic N) is 1. The topological polar surface area (TPSA) is 3.24 Å². The first-order chi connectivity index (χ1) is 5.59. The van der Waals surface area contributed by atoms with Gasteiger partial charge in [-0.1, -0.05) is 12.8 Å². The molecule has 2 rings (SSSR count). The van der Waals surface area contributed by atoms with Crippen LogP contribution in [0.5, 0.6) is 0 Å². The second kappa shape index (κ2) is 2.73. The predicted octanol–water partition coefficient (Wildman–Crippen LogP) is 2.66. The first-order valence-corrected chi connectivity index (χ1v) is 5.36. The van der Waals surface area contributed by atoms with Gasteiger partial charge in [0.05, 0.1) is 0 Å². The smallest absolute Gasteiger partial charge is 0.0141 e. The van der Waals surface area contributed by atoms with Crippen LogP contribution in [0.25, 0.3) is 0 Å². The van der Waals surface area contributed by atoms with Crippen LogP contribution in [0, 0.1) is 5.92 Å². The summed E-state index contributed by atoms with van der Waals surface area (Å²) in [6.45, 7) is 8.40. The van der Waals surface area contributed by atoms with Crippen molar-refractivity contribution in [1.29, 1.82) is 0 Å². The minimum Gasteiger partial charge on any atom is -0.295 e. The lowest BCUT2D eigenvalue weighted by Gasteiger charge is -2.57. The Labute approximate surface area is 76.1 Å². The molecule has 1 aliphatic heterocycles. The van der Waals surface area contributed by atoms with Crippen molar-refractivity contribution in [2.75, 3.05) is 6.54 Å². The molecule has 1 heterocycles. The minimum absolute atomic E-state index is 0.415. The van der Waals surface area contributed by atoms with E-state index in [9.17, 15) is 0 Å². The Morgan fingerprint density at radius 1 is 1.08 bits per heavy atom. The first-order valence-electron chi connectivity index (χ1n) is 5.36. The van der Waals surface area contributed by atoms with Crippen molar-refractivity contribution in [2.45, 2.75) is 58.0 Å². The second-order valence-electron chi connectivity index (χ2n) is 5.44. The molecule has 0 spiro atoms. The average molecular weight is 167 g/mol. The number of hydrogen-bond donors (Lipinski definition) is 0. The predicted molar refractivity (Wildman–Crippen MR) is 52.2 cm³/mol. The van der Waals surface area contributed by atoms with Gasteiger partial charge in [-0.25, -0.2) is 0 Å². The van der Waals surface area contributed by atoms with E-state index in [1.165, 1.54) is 32.2 Å². The molecule has 2 unspecified atom stereocenters. The van der Waals surface area contributed by atoms with E-state index in [0.29, 0.717) is 5.54 Å². The molecule has 0 radical (unpaired) electrons. The van der Waals surface area contributed by atoms with Crippen molar-refractivity contribution in [3.8, 4) is 0 Å². The summed E-state index contributed by atoms with van der Waals surface area (Å²) in [6.07, 6.45) is 5.91. The maximum atomic E-state index is 2.69. The molecule has 1 heteroatoms. The van der Waals surface area contributed by atoms with Crippen molar-refractivity contribution in [3.05, 3.63) is 0 Å². The monoisotopic (exact) mass is 167 g/mol. The van der Waals surface area contributed by atoms with Gasteiger partial charge in [-0.05, 0) is 39.5 Å². The lowest BCUT2D eigenvalue weighted by molar-refractivity contribution is -0.0745. The molecule has 0 aromatic carbocycles. The Kier molecular flexibility index (Phi) is 1.95. The Morgan fingerprint density at radius 3 is 2.33 bits per heavy atom. The summed E-state index contributed by atoms with van der Waals surface area (Å²) < 4.78 is 0. The Bertz CT molecular complexity index is 168. The van der Waals surface area contributed by atoms with Crippen molar-refractivity contribution < 1.29 is 0 Å². The van der Waals surface area contributed by atoms with E-state index in [4.69, 9.17) is 0 Å². The van der Waals surface area contributed by atoms with Crippen LogP contribution in [0.15, 0.2) is 0 Å². The zero-order valence-corrected chi connectivity index (χ0v) is 8.64. The second-order valence-corrected chi connectivity index (χ2v) is 5.44. The van der Waals surface area contributed by atoms with Gasteiger partial charge in [0.25, 0.3) is 0 Å². The van der Waals surface area contributed by atoms with Crippen LogP contribution in [0.3, 0.4) is 0 Å². The molecule has 70 valence electrons. The molecule has 1 saturated carbocycles. The third-order valence-corrected chi connectivity index (χ3v) is 3.56. The highest BCUT2D eigenvalue weighted by molar-refractivity contribution is 4.99. The van der Waals surface area contributed by atoms with Crippen LogP contribution in [0.2, 0.25) is 0 Å². The van der Waals surface area contributed by atoms with Crippen LogP contribution in [0.4, 0.5) is 0 Å². The van der Waals surface area contributed by atoms with E-state index >= 15 is 0 Å². The van der Waals surface area contributed by atoms with E-state index in [1.807, 2.05) is 0 Å². The molecular weight excluding hydrogens is 146 g/mol. The van der Waals surface area contributed by atoms with E-state index < -0.39 is 0 Å². The summed E-state index contributed by atoms with van der Waals surface area (Å²) in [5.41, 5.74) is 0.415. The van der Waals surface area contributed by atoms with Gasteiger partial charge in [0, 0.05) is 18.1 Å². The largest absolute Gasteiger partial charge is 0.295 e. The van der Waals surface area contributed by atoms with Crippen LogP contribution < -0.4 is 0 Å². The highest BCUT2D eigenvalue weighted by atomic mass is 15.3. The molecule has 0 aromatic heterocycles. The zero-order valence-electron chi connectivity index (χ0n) is 8.64. The van der Waals surface area contributed by atoms with Gasteiger partial charge in [0.15, 0.2) is 0 Å². The van der Waals surface area contributed by atoms with Gasteiger partial charge >= 0.3 is 0 Å². The standard InChI is InChI=1S/C11H21N/c1-11(2,3)12-8-9-6-4-5-7-10(9)12/h9-10H,4-8H2,1-3H3. The molecule has 0 amide bonds. The van der Waals surface area contributed by atoms with Gasteiger partial charge < -0.3 is 0 Å². The fraction of sp³-hybridized carbons (Fsp3) is 1.00. The molecule has 2 atom stereocenters. The van der Waals surface area contributed by atoms with Gasteiger partial charge in [-0.2, -0.15) is 0 Å². The van der Waals surface area contributed by atoms with E-state index in [2.05, 4.69) is 25.7 Å². The van der Waals surface area contributed by atoms with Crippen LogP contribution in [0.1, 0.15) is 46.5 Å². The van der Waals surface area contributed by atoms with Crippen molar-refractivity contribution >= 4 is 0 Å². The molecular formula is C11H21N. The lowest BCUT2D eigenvalue weighted by Crippen LogP contribution is -2.63. The third kappa shape index (κ3) is 1.28. The molecule has 1 nitrogen and oxygen atoms in total. The summed E-state index contributed by atoms with van der Waals surface area (Å²) in [5, 5.41) is 0. The summed E-state index contributed by atoms with van der Waals surface area (Å²) in [4.78, 5) is 2.69. The van der Waals surface area contributed by atoms with Crippen molar-refractivity contribution in [1.82, 2.24) is 4.90 Å². The Hall–Kier alpha value is -0.0400. The molecule has 1 aliphatic carbocycles. The fourth-order valence-corrected chi connectivity index (χ4v) is 2.83. The highest BCUT2D eigenvalue weighted by Gasteiger charge is 2.44. The minimum atomic E-state index is 0.415. The molecule has 2 fully saturated rings. The Balaban J connectivity index is 1.97. The molecule has 1 saturated heterocycles. The highest BCUT2D eigenvalue weighted by Crippen LogP contribution is 2.40. The SMILES string of the molecule is CC(C)(C)N1CC2CCCCC21. The van der Waals surface area contributed by atoms with E-state index in [0.717, 1.165) is 12.0 Å². The van der Waals surface area contributed by atoms with Gasteiger partial charge in [0.1, 0.15) is 0 Å². The molecule has 0 N–H and O–H groups in total. The summed E-state index contributed by atoms with van der Waals surface area (Å²) in [7, 11) is 0.